The highest BCUT2D eigenvalue weighted by molar-refractivity contribution is 4.78. The zero-order valence-corrected chi connectivity index (χ0v) is 17.6. The van der Waals surface area contributed by atoms with E-state index in [4.69, 9.17) is 0 Å². The summed E-state index contributed by atoms with van der Waals surface area (Å²) in [6.45, 7) is 16.0. The Hall–Kier alpha value is -0.0800. The summed E-state index contributed by atoms with van der Waals surface area (Å²) in [7, 11) is 4.38. The largest absolute Gasteiger partial charge is 0.306 e. The average molecular weight is 327 g/mol. The Morgan fingerprint density at radius 3 is 1.48 bits per heavy atom. The van der Waals surface area contributed by atoms with E-state index in [0.29, 0.717) is 0 Å². The van der Waals surface area contributed by atoms with Crippen molar-refractivity contribution in [2.45, 2.75) is 98.6 Å². The van der Waals surface area contributed by atoms with E-state index >= 15 is 0 Å². The Morgan fingerprint density at radius 1 is 0.783 bits per heavy atom. The van der Waals surface area contributed by atoms with Crippen molar-refractivity contribution in [2.24, 2.45) is 11.8 Å². The predicted octanol–water partition coefficient (Wildman–Crippen LogP) is 5.67. The first-order valence-corrected chi connectivity index (χ1v) is 10.1. The first-order chi connectivity index (χ1) is 10.7. The molecule has 2 rings (SSSR count). The van der Waals surface area contributed by atoms with Crippen molar-refractivity contribution in [3.63, 3.8) is 0 Å². The fourth-order valence-electron chi connectivity index (χ4n) is 3.23. The van der Waals surface area contributed by atoms with E-state index in [1.807, 2.05) is 0 Å². The van der Waals surface area contributed by atoms with Gasteiger partial charge in [-0.3, -0.25) is 0 Å². The Bertz CT molecular complexity index is 228. The van der Waals surface area contributed by atoms with Crippen LogP contribution >= 0.6 is 0 Å². The van der Waals surface area contributed by atoms with Crippen LogP contribution in [0.4, 0.5) is 0 Å². The van der Waals surface area contributed by atoms with E-state index in [-0.39, 0.29) is 0 Å². The molecule has 0 atom stereocenters. The summed E-state index contributed by atoms with van der Waals surface area (Å²) in [4.78, 5) is 4.93. The quantitative estimate of drug-likeness (QED) is 0.645. The molecule has 1 aliphatic heterocycles. The van der Waals surface area contributed by atoms with Crippen molar-refractivity contribution >= 4 is 0 Å². The van der Waals surface area contributed by atoms with Gasteiger partial charge in [-0.1, -0.05) is 59.8 Å². The number of piperidine rings is 1. The van der Waals surface area contributed by atoms with Gasteiger partial charge in [0.25, 0.3) is 0 Å². The Balaban J connectivity index is 0.000000371. The Labute approximate surface area is 148 Å². The van der Waals surface area contributed by atoms with Crippen LogP contribution in [0.3, 0.4) is 0 Å². The maximum atomic E-state index is 2.57. The third kappa shape index (κ3) is 12.9. The van der Waals surface area contributed by atoms with Gasteiger partial charge in [0.1, 0.15) is 0 Å². The van der Waals surface area contributed by atoms with Crippen LogP contribution in [0.2, 0.25) is 0 Å². The SMILES string of the molecule is CC(C)C.CC(C)N1CCC(N(C)C)CC1.CC1CCCCC1. The van der Waals surface area contributed by atoms with Gasteiger partial charge in [-0.05, 0) is 65.7 Å². The highest BCUT2D eigenvalue weighted by Gasteiger charge is 2.21. The smallest absolute Gasteiger partial charge is 0.0113 e. The van der Waals surface area contributed by atoms with Crippen molar-refractivity contribution in [2.75, 3.05) is 27.2 Å². The lowest BCUT2D eigenvalue weighted by molar-refractivity contribution is 0.121. The minimum Gasteiger partial charge on any atom is -0.306 e. The molecule has 23 heavy (non-hydrogen) atoms. The van der Waals surface area contributed by atoms with Crippen molar-refractivity contribution in [3.05, 3.63) is 0 Å². The lowest BCUT2D eigenvalue weighted by Crippen LogP contribution is -2.44. The number of likely N-dealkylation sites (tertiary alicyclic amines) is 1. The molecule has 0 radical (unpaired) electrons. The zero-order valence-electron chi connectivity index (χ0n) is 17.6. The van der Waals surface area contributed by atoms with Gasteiger partial charge in [-0.25, -0.2) is 0 Å². The highest BCUT2D eigenvalue weighted by atomic mass is 15.2. The molecule has 0 bridgehead atoms. The van der Waals surface area contributed by atoms with Crippen molar-refractivity contribution < 1.29 is 0 Å². The molecule has 140 valence electrons. The van der Waals surface area contributed by atoms with E-state index in [9.17, 15) is 0 Å². The topological polar surface area (TPSA) is 6.48 Å². The summed E-state index contributed by atoms with van der Waals surface area (Å²) in [5, 5.41) is 0. The third-order valence-corrected chi connectivity index (χ3v) is 4.85. The third-order valence-electron chi connectivity index (χ3n) is 4.85. The molecule has 0 aromatic heterocycles. The molecule has 0 spiro atoms. The van der Waals surface area contributed by atoms with Gasteiger partial charge in [0, 0.05) is 12.1 Å². The van der Waals surface area contributed by atoms with Crippen molar-refractivity contribution in [3.8, 4) is 0 Å². The summed E-state index contributed by atoms with van der Waals surface area (Å²) < 4.78 is 0. The number of rotatable bonds is 2. The van der Waals surface area contributed by atoms with Crippen LogP contribution in [0.15, 0.2) is 0 Å². The lowest BCUT2D eigenvalue weighted by Gasteiger charge is -2.37. The molecular formula is C21H46N2. The molecule has 2 heteroatoms. The number of nitrogens with zero attached hydrogens (tertiary/aromatic N) is 2. The van der Waals surface area contributed by atoms with Crippen molar-refractivity contribution in [1.82, 2.24) is 9.80 Å². The van der Waals surface area contributed by atoms with Crippen LogP contribution in [-0.2, 0) is 0 Å². The van der Waals surface area contributed by atoms with Crippen LogP contribution in [0, 0.1) is 11.8 Å². The second-order valence-corrected chi connectivity index (χ2v) is 8.80. The zero-order chi connectivity index (χ0) is 17.8. The second kappa shape index (κ2) is 13.2. The standard InChI is InChI=1S/C10H22N2.C7H14.C4H10/c1-9(2)12-7-5-10(6-8-12)11(3)4;1-7-5-3-2-4-6-7;1-4(2)3/h9-10H,5-8H2,1-4H3;7H,2-6H2,1H3;4H,1-3H3. The van der Waals surface area contributed by atoms with E-state index < -0.39 is 0 Å². The van der Waals surface area contributed by atoms with Crippen molar-refractivity contribution in [1.29, 1.82) is 0 Å². The van der Waals surface area contributed by atoms with Gasteiger partial charge in [-0.2, -0.15) is 0 Å². The van der Waals surface area contributed by atoms with E-state index in [0.717, 1.165) is 23.9 Å². The molecular weight excluding hydrogens is 280 g/mol. The monoisotopic (exact) mass is 326 g/mol. The lowest BCUT2D eigenvalue weighted by atomic mass is 9.91. The summed E-state index contributed by atoms with van der Waals surface area (Å²) in [5.74, 6) is 1.87. The summed E-state index contributed by atoms with van der Waals surface area (Å²) in [6.07, 6.45) is 10.1. The fourth-order valence-corrected chi connectivity index (χ4v) is 3.23. The fraction of sp³-hybridized carbons (Fsp3) is 1.00. The first-order valence-electron chi connectivity index (χ1n) is 10.1. The molecule has 2 nitrogen and oxygen atoms in total. The van der Waals surface area contributed by atoms with Gasteiger partial charge < -0.3 is 9.80 Å². The van der Waals surface area contributed by atoms with E-state index in [1.54, 1.807) is 0 Å². The molecule has 1 heterocycles. The Kier molecular flexibility index (Phi) is 13.2. The van der Waals surface area contributed by atoms with E-state index in [1.165, 1.54) is 58.0 Å². The van der Waals surface area contributed by atoms with Gasteiger partial charge in [0.2, 0.25) is 0 Å². The predicted molar refractivity (Wildman–Crippen MR) is 106 cm³/mol. The molecule has 0 unspecified atom stereocenters. The van der Waals surface area contributed by atoms with E-state index in [2.05, 4.69) is 65.4 Å². The number of hydrogen-bond donors (Lipinski definition) is 0. The Morgan fingerprint density at radius 2 is 1.22 bits per heavy atom. The molecule has 0 N–H and O–H groups in total. The van der Waals surface area contributed by atoms with Gasteiger partial charge in [0.15, 0.2) is 0 Å². The van der Waals surface area contributed by atoms with Crippen LogP contribution in [0.1, 0.15) is 86.5 Å². The van der Waals surface area contributed by atoms with Crippen LogP contribution < -0.4 is 0 Å². The normalized spacial score (nSPS) is 21.0. The van der Waals surface area contributed by atoms with Gasteiger partial charge >= 0.3 is 0 Å². The second-order valence-electron chi connectivity index (χ2n) is 8.80. The summed E-state index contributed by atoms with van der Waals surface area (Å²) in [6, 6.07) is 1.55. The number of hydrogen-bond acceptors (Lipinski definition) is 2. The molecule has 1 saturated carbocycles. The van der Waals surface area contributed by atoms with Crippen LogP contribution in [0.5, 0.6) is 0 Å². The molecule has 0 amide bonds. The minimum atomic E-state index is 0.730. The maximum absolute atomic E-state index is 2.57. The molecule has 0 aromatic rings. The van der Waals surface area contributed by atoms with Gasteiger partial charge in [-0.15, -0.1) is 0 Å². The van der Waals surface area contributed by atoms with Crippen LogP contribution in [0.25, 0.3) is 0 Å². The molecule has 0 aromatic carbocycles. The molecule has 1 aliphatic carbocycles. The minimum absolute atomic E-state index is 0.730. The maximum Gasteiger partial charge on any atom is 0.0113 e. The summed E-state index contributed by atoms with van der Waals surface area (Å²) in [5.41, 5.74) is 0. The highest BCUT2D eigenvalue weighted by Crippen LogP contribution is 2.22. The molecule has 2 fully saturated rings. The molecule has 1 saturated heterocycles. The average Bonchev–Trinajstić information content (AvgIpc) is 2.48. The van der Waals surface area contributed by atoms with Gasteiger partial charge in [0.05, 0.1) is 0 Å². The summed E-state index contributed by atoms with van der Waals surface area (Å²) >= 11 is 0. The molecule has 2 aliphatic rings. The van der Waals surface area contributed by atoms with Crippen LogP contribution in [-0.4, -0.2) is 49.1 Å². The first kappa shape index (κ1) is 22.9.